The Labute approximate surface area is 134 Å². The minimum atomic E-state index is -0.446. The molecule has 0 bridgehead atoms. The highest BCUT2D eigenvalue weighted by Crippen LogP contribution is 2.21. The van der Waals surface area contributed by atoms with Gasteiger partial charge in [0.25, 0.3) is 0 Å². The number of aryl methyl sites for hydroxylation is 1. The quantitative estimate of drug-likeness (QED) is 0.775. The predicted octanol–water partition coefficient (Wildman–Crippen LogP) is 3.21. The van der Waals surface area contributed by atoms with Crippen LogP contribution in [0.3, 0.4) is 0 Å². The van der Waals surface area contributed by atoms with Crippen molar-refractivity contribution in [1.82, 2.24) is 9.88 Å². The molecular weight excluding hydrogens is 334 g/mol. The summed E-state index contributed by atoms with van der Waals surface area (Å²) in [6.07, 6.45) is 1.59. The molecule has 116 valence electrons. The molecule has 2 heterocycles. The van der Waals surface area contributed by atoms with Crippen molar-refractivity contribution in [3.63, 3.8) is 0 Å². The highest BCUT2D eigenvalue weighted by atomic mass is 79.9. The number of carbonyl (C=O) groups is 1. The molecule has 0 aromatic carbocycles. The summed E-state index contributed by atoms with van der Waals surface area (Å²) < 4.78 is 6.41. The number of rotatable bonds is 1. The molecule has 0 radical (unpaired) electrons. The lowest BCUT2D eigenvalue weighted by Gasteiger charge is -2.36. The fraction of sp³-hybridized carbons (Fsp3) is 0.600. The van der Waals surface area contributed by atoms with E-state index in [0.717, 1.165) is 28.9 Å². The van der Waals surface area contributed by atoms with Crippen LogP contribution in [0.5, 0.6) is 0 Å². The number of halogens is 1. The van der Waals surface area contributed by atoms with E-state index in [4.69, 9.17) is 4.74 Å². The van der Waals surface area contributed by atoms with Gasteiger partial charge in [-0.1, -0.05) is 0 Å². The third-order valence-electron chi connectivity index (χ3n) is 3.29. The number of hydrogen-bond donors (Lipinski definition) is 0. The Morgan fingerprint density at radius 2 is 1.90 bits per heavy atom. The van der Waals surface area contributed by atoms with Crippen molar-refractivity contribution in [2.45, 2.75) is 33.3 Å². The van der Waals surface area contributed by atoms with E-state index in [9.17, 15) is 4.79 Å². The minimum absolute atomic E-state index is 0.234. The molecule has 1 aliphatic rings. The summed E-state index contributed by atoms with van der Waals surface area (Å²) in [5, 5.41) is 0. The zero-order chi connectivity index (χ0) is 15.6. The zero-order valence-electron chi connectivity index (χ0n) is 13.0. The molecule has 0 spiro atoms. The van der Waals surface area contributed by atoms with Gasteiger partial charge in [-0.2, -0.15) is 0 Å². The zero-order valence-corrected chi connectivity index (χ0v) is 14.6. The average Bonchev–Trinajstić information content (AvgIpc) is 2.40. The normalized spacial score (nSPS) is 16.0. The Hall–Kier alpha value is -1.30. The van der Waals surface area contributed by atoms with Gasteiger partial charge in [-0.05, 0) is 55.3 Å². The third-order valence-corrected chi connectivity index (χ3v) is 4.12. The van der Waals surface area contributed by atoms with Crippen LogP contribution >= 0.6 is 15.9 Å². The number of ether oxygens (including phenoxy) is 1. The molecule has 1 aromatic rings. The second kappa shape index (κ2) is 6.22. The summed E-state index contributed by atoms with van der Waals surface area (Å²) in [7, 11) is 0. The third kappa shape index (κ3) is 4.33. The van der Waals surface area contributed by atoms with E-state index in [0.29, 0.717) is 13.1 Å². The number of pyridine rings is 1. The molecule has 0 aliphatic carbocycles. The van der Waals surface area contributed by atoms with Crippen molar-refractivity contribution in [2.24, 2.45) is 0 Å². The van der Waals surface area contributed by atoms with Crippen LogP contribution in [0.25, 0.3) is 0 Å². The van der Waals surface area contributed by atoms with Crippen molar-refractivity contribution in [2.75, 3.05) is 31.1 Å². The lowest BCUT2D eigenvalue weighted by Crippen LogP contribution is -2.50. The molecule has 1 aromatic heterocycles. The van der Waals surface area contributed by atoms with Gasteiger partial charge in [0.1, 0.15) is 11.4 Å². The van der Waals surface area contributed by atoms with Gasteiger partial charge < -0.3 is 14.5 Å². The number of carbonyl (C=O) groups excluding carboxylic acids is 1. The van der Waals surface area contributed by atoms with E-state index < -0.39 is 5.60 Å². The summed E-state index contributed by atoms with van der Waals surface area (Å²) in [6, 6.07) is 2.06. The van der Waals surface area contributed by atoms with Gasteiger partial charge in [-0.25, -0.2) is 9.78 Å². The van der Waals surface area contributed by atoms with Crippen LogP contribution in [0.4, 0.5) is 10.6 Å². The van der Waals surface area contributed by atoms with Crippen LogP contribution < -0.4 is 4.90 Å². The number of anilines is 1. The number of aromatic nitrogens is 1. The van der Waals surface area contributed by atoms with Crippen molar-refractivity contribution >= 4 is 27.8 Å². The maximum Gasteiger partial charge on any atom is 0.410 e. The van der Waals surface area contributed by atoms with Crippen LogP contribution in [-0.4, -0.2) is 47.8 Å². The Bertz CT molecular complexity index is 520. The molecule has 1 fully saturated rings. The number of hydrogen-bond acceptors (Lipinski definition) is 4. The summed E-state index contributed by atoms with van der Waals surface area (Å²) >= 11 is 3.46. The summed E-state index contributed by atoms with van der Waals surface area (Å²) in [4.78, 5) is 20.4. The highest BCUT2D eigenvalue weighted by Gasteiger charge is 2.26. The SMILES string of the molecule is Cc1cc(N2CCN(C(=O)OC(C)(C)C)CC2)ncc1Br. The fourth-order valence-electron chi connectivity index (χ4n) is 2.14. The Balaban J connectivity index is 1.94. The molecule has 0 unspecified atom stereocenters. The van der Waals surface area contributed by atoms with E-state index in [1.165, 1.54) is 0 Å². The fourth-order valence-corrected chi connectivity index (χ4v) is 2.36. The summed E-state index contributed by atoms with van der Waals surface area (Å²) in [5.74, 6) is 0.958. The molecule has 1 amide bonds. The number of amides is 1. The first-order chi connectivity index (χ1) is 9.76. The van der Waals surface area contributed by atoms with E-state index in [-0.39, 0.29) is 6.09 Å². The largest absolute Gasteiger partial charge is 0.444 e. The average molecular weight is 356 g/mol. The molecule has 0 atom stereocenters. The Morgan fingerprint density at radius 1 is 1.29 bits per heavy atom. The first-order valence-electron chi connectivity index (χ1n) is 7.11. The van der Waals surface area contributed by atoms with Crippen molar-refractivity contribution in [3.8, 4) is 0 Å². The van der Waals surface area contributed by atoms with Gasteiger partial charge in [0.2, 0.25) is 0 Å². The second-order valence-corrected chi connectivity index (χ2v) is 7.10. The molecule has 21 heavy (non-hydrogen) atoms. The summed E-state index contributed by atoms with van der Waals surface area (Å²) in [5.41, 5.74) is 0.716. The van der Waals surface area contributed by atoms with Crippen LogP contribution in [0.1, 0.15) is 26.3 Å². The van der Waals surface area contributed by atoms with Crippen LogP contribution in [0, 0.1) is 6.92 Å². The molecule has 0 saturated carbocycles. The van der Waals surface area contributed by atoms with Crippen LogP contribution in [0.2, 0.25) is 0 Å². The van der Waals surface area contributed by atoms with E-state index >= 15 is 0 Å². The van der Waals surface area contributed by atoms with Crippen LogP contribution in [0.15, 0.2) is 16.7 Å². The Kier molecular flexibility index (Phi) is 4.76. The first-order valence-corrected chi connectivity index (χ1v) is 7.90. The lowest BCUT2D eigenvalue weighted by molar-refractivity contribution is 0.0240. The monoisotopic (exact) mass is 355 g/mol. The first kappa shape index (κ1) is 16.1. The van der Waals surface area contributed by atoms with Crippen molar-refractivity contribution < 1.29 is 9.53 Å². The van der Waals surface area contributed by atoms with Gasteiger partial charge in [0, 0.05) is 36.8 Å². The smallest absolute Gasteiger partial charge is 0.410 e. The minimum Gasteiger partial charge on any atom is -0.444 e. The topological polar surface area (TPSA) is 45.7 Å². The van der Waals surface area contributed by atoms with E-state index in [2.05, 4.69) is 31.9 Å². The second-order valence-electron chi connectivity index (χ2n) is 6.25. The van der Waals surface area contributed by atoms with E-state index in [1.54, 1.807) is 4.90 Å². The van der Waals surface area contributed by atoms with Gasteiger partial charge in [0.15, 0.2) is 0 Å². The Morgan fingerprint density at radius 3 is 2.43 bits per heavy atom. The molecule has 1 aliphatic heterocycles. The maximum absolute atomic E-state index is 12.0. The molecule has 5 nitrogen and oxygen atoms in total. The maximum atomic E-state index is 12.0. The lowest BCUT2D eigenvalue weighted by atomic mass is 10.2. The van der Waals surface area contributed by atoms with Crippen molar-refractivity contribution in [1.29, 1.82) is 0 Å². The molecule has 2 rings (SSSR count). The highest BCUT2D eigenvalue weighted by molar-refractivity contribution is 9.10. The van der Waals surface area contributed by atoms with Crippen LogP contribution in [-0.2, 0) is 4.74 Å². The number of piperazine rings is 1. The summed E-state index contributed by atoms with van der Waals surface area (Å²) in [6.45, 7) is 10.6. The standard InChI is InChI=1S/C15H22BrN3O2/c1-11-9-13(17-10-12(11)16)18-5-7-19(8-6-18)14(20)21-15(2,3)4/h9-10H,5-8H2,1-4H3. The van der Waals surface area contributed by atoms with Gasteiger partial charge in [0.05, 0.1) is 0 Å². The van der Waals surface area contributed by atoms with Gasteiger partial charge >= 0.3 is 6.09 Å². The van der Waals surface area contributed by atoms with Gasteiger partial charge in [-0.3, -0.25) is 0 Å². The van der Waals surface area contributed by atoms with Gasteiger partial charge in [-0.15, -0.1) is 0 Å². The number of nitrogens with zero attached hydrogens (tertiary/aromatic N) is 3. The molecule has 6 heteroatoms. The molecule has 0 N–H and O–H groups in total. The molecular formula is C15H22BrN3O2. The predicted molar refractivity (Wildman–Crippen MR) is 86.7 cm³/mol. The molecule has 1 saturated heterocycles. The van der Waals surface area contributed by atoms with Crippen molar-refractivity contribution in [3.05, 3.63) is 22.3 Å². The van der Waals surface area contributed by atoms with E-state index in [1.807, 2.05) is 33.9 Å².